The van der Waals surface area contributed by atoms with Crippen molar-refractivity contribution in [2.45, 2.75) is 0 Å². The molecule has 0 unspecified atom stereocenters. The quantitative estimate of drug-likeness (QED) is 0.634. The molecule has 0 aliphatic rings. The molecule has 0 aliphatic heterocycles. The Balaban J connectivity index is 2.10. The van der Waals surface area contributed by atoms with Gasteiger partial charge < -0.3 is 4.42 Å². The number of nitrogens with zero attached hydrogens (tertiary/aromatic N) is 1. The van der Waals surface area contributed by atoms with Crippen molar-refractivity contribution in [3.8, 4) is 0 Å². The van der Waals surface area contributed by atoms with Crippen molar-refractivity contribution in [1.82, 2.24) is 4.98 Å². The standard InChI is InChI=1S/C12H7NO2S/c14-12(9-6-16-7-13-9)11-5-8-3-1-2-4-10(8)15-11/h1-7H. The molecule has 0 spiro atoms. The van der Waals surface area contributed by atoms with Crippen molar-refractivity contribution < 1.29 is 9.21 Å². The number of para-hydroxylation sites is 1. The highest BCUT2D eigenvalue weighted by atomic mass is 32.1. The zero-order valence-electron chi connectivity index (χ0n) is 8.21. The van der Waals surface area contributed by atoms with Crippen LogP contribution >= 0.6 is 11.3 Å². The predicted octanol–water partition coefficient (Wildman–Crippen LogP) is 3.12. The molecule has 1 aromatic carbocycles. The van der Waals surface area contributed by atoms with E-state index in [0.717, 1.165) is 11.0 Å². The number of carbonyl (C=O) groups excluding carboxylic acids is 1. The third kappa shape index (κ3) is 1.44. The largest absolute Gasteiger partial charge is 0.453 e. The summed E-state index contributed by atoms with van der Waals surface area (Å²) in [7, 11) is 0. The van der Waals surface area contributed by atoms with E-state index in [-0.39, 0.29) is 5.78 Å². The maximum Gasteiger partial charge on any atom is 0.247 e. The summed E-state index contributed by atoms with van der Waals surface area (Å²) >= 11 is 1.40. The van der Waals surface area contributed by atoms with E-state index in [4.69, 9.17) is 4.42 Å². The van der Waals surface area contributed by atoms with E-state index in [1.807, 2.05) is 24.3 Å². The minimum atomic E-state index is -0.169. The highest BCUT2D eigenvalue weighted by molar-refractivity contribution is 7.07. The van der Waals surface area contributed by atoms with Gasteiger partial charge in [0, 0.05) is 10.8 Å². The first-order valence-electron chi connectivity index (χ1n) is 4.76. The van der Waals surface area contributed by atoms with E-state index in [2.05, 4.69) is 4.98 Å². The smallest absolute Gasteiger partial charge is 0.247 e. The summed E-state index contributed by atoms with van der Waals surface area (Å²) < 4.78 is 5.47. The molecule has 3 rings (SSSR count). The average molecular weight is 229 g/mol. The maximum atomic E-state index is 11.9. The number of fused-ring (bicyclic) bond motifs is 1. The molecule has 2 heterocycles. The summed E-state index contributed by atoms with van der Waals surface area (Å²) in [4.78, 5) is 15.9. The van der Waals surface area contributed by atoms with Crippen LogP contribution in [0.4, 0.5) is 0 Å². The summed E-state index contributed by atoms with van der Waals surface area (Å²) in [6.07, 6.45) is 0. The van der Waals surface area contributed by atoms with Crippen molar-refractivity contribution in [3.63, 3.8) is 0 Å². The molecule has 16 heavy (non-hydrogen) atoms. The molecule has 78 valence electrons. The van der Waals surface area contributed by atoms with Crippen LogP contribution in [0.25, 0.3) is 11.0 Å². The third-order valence-corrected chi connectivity index (χ3v) is 2.90. The lowest BCUT2D eigenvalue weighted by molar-refractivity contribution is 0.101. The van der Waals surface area contributed by atoms with E-state index in [1.54, 1.807) is 17.0 Å². The average Bonchev–Trinajstić information content (AvgIpc) is 2.97. The van der Waals surface area contributed by atoms with Gasteiger partial charge in [0.05, 0.1) is 5.51 Å². The second-order valence-electron chi connectivity index (χ2n) is 3.35. The summed E-state index contributed by atoms with van der Waals surface area (Å²) in [5.41, 5.74) is 2.79. The molecule has 4 heteroatoms. The first-order chi connectivity index (χ1) is 7.84. The van der Waals surface area contributed by atoms with Gasteiger partial charge in [-0.1, -0.05) is 18.2 Å². The van der Waals surface area contributed by atoms with Crippen LogP contribution in [-0.4, -0.2) is 10.8 Å². The Morgan fingerprint density at radius 2 is 2.19 bits per heavy atom. The number of benzene rings is 1. The fourth-order valence-corrected chi connectivity index (χ4v) is 2.08. The SMILES string of the molecule is O=C(c1cscn1)c1cc2ccccc2o1. The van der Waals surface area contributed by atoms with Gasteiger partial charge in [-0.3, -0.25) is 4.79 Å². The fraction of sp³-hybridized carbons (Fsp3) is 0. The molecule has 2 aromatic heterocycles. The minimum Gasteiger partial charge on any atom is -0.453 e. The lowest BCUT2D eigenvalue weighted by Crippen LogP contribution is -1.98. The first kappa shape index (κ1) is 9.30. The molecular formula is C12H7NO2S. The maximum absolute atomic E-state index is 11.9. The first-order valence-corrected chi connectivity index (χ1v) is 5.70. The molecule has 0 bridgehead atoms. The van der Waals surface area contributed by atoms with Gasteiger partial charge in [-0.15, -0.1) is 11.3 Å². The lowest BCUT2D eigenvalue weighted by Gasteiger charge is -1.89. The normalized spacial score (nSPS) is 10.8. The van der Waals surface area contributed by atoms with Crippen LogP contribution in [0.5, 0.6) is 0 Å². The van der Waals surface area contributed by atoms with Crippen LogP contribution in [0, 0.1) is 0 Å². The van der Waals surface area contributed by atoms with Gasteiger partial charge in [0.1, 0.15) is 11.3 Å². The Morgan fingerprint density at radius 3 is 2.94 bits per heavy atom. The molecule has 0 atom stereocenters. The number of carbonyl (C=O) groups is 1. The van der Waals surface area contributed by atoms with Gasteiger partial charge in [0.25, 0.3) is 0 Å². The van der Waals surface area contributed by atoms with E-state index in [0.29, 0.717) is 11.5 Å². The van der Waals surface area contributed by atoms with Gasteiger partial charge in [-0.2, -0.15) is 0 Å². The Hall–Kier alpha value is -1.94. The lowest BCUT2D eigenvalue weighted by atomic mass is 10.2. The highest BCUT2D eigenvalue weighted by Crippen LogP contribution is 2.21. The van der Waals surface area contributed by atoms with Crippen LogP contribution in [0.1, 0.15) is 16.2 Å². The molecule has 3 nitrogen and oxygen atoms in total. The molecule has 0 radical (unpaired) electrons. The van der Waals surface area contributed by atoms with Crippen LogP contribution < -0.4 is 0 Å². The predicted molar refractivity (Wildman–Crippen MR) is 61.8 cm³/mol. The molecule has 0 saturated heterocycles. The molecule has 0 amide bonds. The molecule has 0 aliphatic carbocycles. The molecule has 3 aromatic rings. The number of hydrogen-bond acceptors (Lipinski definition) is 4. The van der Waals surface area contributed by atoms with E-state index >= 15 is 0 Å². The van der Waals surface area contributed by atoms with Gasteiger partial charge in [-0.05, 0) is 12.1 Å². The summed E-state index contributed by atoms with van der Waals surface area (Å²) in [5.74, 6) is 0.171. The Bertz CT molecular complexity index is 607. The van der Waals surface area contributed by atoms with Gasteiger partial charge in [0.15, 0.2) is 5.76 Å². The minimum absolute atomic E-state index is 0.169. The highest BCUT2D eigenvalue weighted by Gasteiger charge is 2.15. The zero-order chi connectivity index (χ0) is 11.0. The van der Waals surface area contributed by atoms with Crippen LogP contribution in [-0.2, 0) is 0 Å². The topological polar surface area (TPSA) is 43.1 Å². The fourth-order valence-electron chi connectivity index (χ4n) is 1.54. The Kier molecular flexibility index (Phi) is 2.08. The van der Waals surface area contributed by atoms with Crippen LogP contribution in [0.15, 0.2) is 45.6 Å². The van der Waals surface area contributed by atoms with Crippen molar-refractivity contribution in [1.29, 1.82) is 0 Å². The number of aromatic nitrogens is 1. The number of furan rings is 1. The van der Waals surface area contributed by atoms with E-state index in [1.165, 1.54) is 11.3 Å². The Labute approximate surface area is 95.4 Å². The Morgan fingerprint density at radius 1 is 1.31 bits per heavy atom. The monoisotopic (exact) mass is 229 g/mol. The van der Waals surface area contributed by atoms with Crippen LogP contribution in [0.2, 0.25) is 0 Å². The van der Waals surface area contributed by atoms with Crippen molar-refractivity contribution in [3.05, 3.63) is 52.7 Å². The number of ketones is 1. The van der Waals surface area contributed by atoms with Crippen molar-refractivity contribution >= 4 is 28.1 Å². The summed E-state index contributed by atoms with van der Waals surface area (Å²) in [6.45, 7) is 0. The number of thiazole rings is 1. The molecule has 0 fully saturated rings. The second kappa shape index (κ2) is 3.57. The van der Waals surface area contributed by atoms with E-state index in [9.17, 15) is 4.79 Å². The van der Waals surface area contributed by atoms with E-state index < -0.39 is 0 Å². The third-order valence-electron chi connectivity index (χ3n) is 2.31. The van der Waals surface area contributed by atoms with Crippen LogP contribution in [0.3, 0.4) is 0 Å². The zero-order valence-corrected chi connectivity index (χ0v) is 9.03. The molecule has 0 saturated carbocycles. The van der Waals surface area contributed by atoms with Crippen molar-refractivity contribution in [2.24, 2.45) is 0 Å². The number of rotatable bonds is 2. The summed E-state index contributed by atoms with van der Waals surface area (Å²) in [5, 5.41) is 2.65. The van der Waals surface area contributed by atoms with Crippen molar-refractivity contribution in [2.75, 3.05) is 0 Å². The van der Waals surface area contributed by atoms with Gasteiger partial charge in [0.2, 0.25) is 5.78 Å². The number of hydrogen-bond donors (Lipinski definition) is 0. The summed E-state index contributed by atoms with van der Waals surface area (Å²) in [6, 6.07) is 9.29. The van der Waals surface area contributed by atoms with Gasteiger partial charge in [-0.25, -0.2) is 4.98 Å². The second-order valence-corrected chi connectivity index (χ2v) is 4.07. The molecular weight excluding hydrogens is 222 g/mol. The molecule has 0 N–H and O–H groups in total. The van der Waals surface area contributed by atoms with Gasteiger partial charge >= 0.3 is 0 Å².